The minimum Gasteiger partial charge on any atom is -0.461 e. The van der Waals surface area contributed by atoms with Crippen LogP contribution in [-0.4, -0.2) is 52.7 Å². The first-order valence-corrected chi connectivity index (χ1v) is 12.4. The number of ether oxygens (including phenoxy) is 3. The second-order valence-electron chi connectivity index (χ2n) is 10.9. The Balaban J connectivity index is 1.53. The summed E-state index contributed by atoms with van der Waals surface area (Å²) in [5.41, 5.74) is -5.21. The highest BCUT2D eigenvalue weighted by Crippen LogP contribution is 2.72. The molecule has 0 amide bonds. The van der Waals surface area contributed by atoms with Gasteiger partial charge in [0.25, 0.3) is 0 Å². The van der Waals surface area contributed by atoms with Crippen molar-refractivity contribution in [3.63, 3.8) is 0 Å². The molecule has 0 radical (unpaired) electrons. The van der Waals surface area contributed by atoms with Crippen LogP contribution in [0.1, 0.15) is 60.7 Å². The van der Waals surface area contributed by atoms with Crippen molar-refractivity contribution < 1.29 is 38.5 Å². The van der Waals surface area contributed by atoms with E-state index in [4.69, 9.17) is 14.2 Å². The number of rotatable bonds is 5. The van der Waals surface area contributed by atoms with Gasteiger partial charge >= 0.3 is 17.9 Å². The van der Waals surface area contributed by atoms with E-state index in [-0.39, 0.29) is 25.9 Å². The third-order valence-corrected chi connectivity index (χ3v) is 9.22. The lowest BCUT2D eigenvalue weighted by molar-refractivity contribution is -0.245. The third-order valence-electron chi connectivity index (χ3n) is 9.22. The van der Waals surface area contributed by atoms with Gasteiger partial charge in [-0.3, -0.25) is 9.59 Å². The molecule has 1 aliphatic heterocycles. The summed E-state index contributed by atoms with van der Waals surface area (Å²) in [6, 6.07) is 16.9. The van der Waals surface area contributed by atoms with Crippen LogP contribution in [0.5, 0.6) is 0 Å². The summed E-state index contributed by atoms with van der Waals surface area (Å²) < 4.78 is 17.7. The van der Waals surface area contributed by atoms with Crippen molar-refractivity contribution in [2.75, 3.05) is 6.61 Å². The molecular formula is C29H30O8. The molecule has 2 saturated carbocycles. The number of carbonyl (C=O) groups is 4. The zero-order valence-electron chi connectivity index (χ0n) is 21.1. The van der Waals surface area contributed by atoms with Crippen LogP contribution >= 0.6 is 0 Å². The fraction of sp³-hybridized carbons (Fsp3) is 0.448. The smallest absolute Gasteiger partial charge is 0.338 e. The molecule has 3 aliphatic rings. The molecule has 37 heavy (non-hydrogen) atoms. The van der Waals surface area contributed by atoms with E-state index in [9.17, 15) is 24.3 Å². The van der Waals surface area contributed by atoms with Crippen LogP contribution in [-0.2, 0) is 23.8 Å². The standard InChI is InChI=1S/C29H30O8/c1-18-21(36-25(33)20-12-8-5-9-13-20)14-29-26(2,17-35-24(32)19-10-6-4-7-11-19)27(3,34)22(30)15-28(18,29)16-23(31)37-29/h4-13,18,21,34H,14-17H2,1-3H3. The van der Waals surface area contributed by atoms with E-state index in [2.05, 4.69) is 0 Å². The quantitative estimate of drug-likeness (QED) is 0.484. The maximum atomic E-state index is 13.5. The van der Waals surface area contributed by atoms with Gasteiger partial charge in [0.2, 0.25) is 0 Å². The molecule has 5 rings (SSSR count). The van der Waals surface area contributed by atoms with E-state index >= 15 is 0 Å². The lowest BCUT2D eigenvalue weighted by Gasteiger charge is -2.59. The van der Waals surface area contributed by atoms with Crippen molar-refractivity contribution in [2.45, 2.75) is 57.3 Å². The normalized spacial score (nSPS) is 36.3. The van der Waals surface area contributed by atoms with Crippen molar-refractivity contribution in [3.05, 3.63) is 71.8 Å². The van der Waals surface area contributed by atoms with Crippen LogP contribution in [0.4, 0.5) is 0 Å². The minimum atomic E-state index is -1.98. The first kappa shape index (κ1) is 25.1. The predicted octanol–water partition coefficient (Wildman–Crippen LogP) is 3.51. The summed E-state index contributed by atoms with van der Waals surface area (Å²) >= 11 is 0. The minimum absolute atomic E-state index is 0.0579. The molecule has 6 unspecified atom stereocenters. The van der Waals surface area contributed by atoms with Gasteiger partial charge in [0.15, 0.2) is 5.78 Å². The Morgan fingerprint density at radius 1 is 0.946 bits per heavy atom. The van der Waals surface area contributed by atoms with Crippen LogP contribution in [0.3, 0.4) is 0 Å². The van der Waals surface area contributed by atoms with Gasteiger partial charge in [0, 0.05) is 24.2 Å². The molecule has 8 heteroatoms. The second kappa shape index (κ2) is 8.52. The maximum absolute atomic E-state index is 13.5. The Kier molecular flexibility index (Phi) is 5.79. The molecule has 3 fully saturated rings. The first-order chi connectivity index (χ1) is 17.5. The van der Waals surface area contributed by atoms with Gasteiger partial charge in [-0.05, 0) is 38.1 Å². The molecule has 0 spiro atoms. The highest BCUT2D eigenvalue weighted by Gasteiger charge is 2.83. The number of esters is 3. The van der Waals surface area contributed by atoms with Gasteiger partial charge in [0.1, 0.15) is 23.9 Å². The monoisotopic (exact) mass is 506 g/mol. The zero-order valence-corrected chi connectivity index (χ0v) is 21.1. The molecular weight excluding hydrogens is 476 g/mol. The predicted molar refractivity (Wildman–Crippen MR) is 130 cm³/mol. The molecule has 2 aromatic rings. The van der Waals surface area contributed by atoms with Crippen molar-refractivity contribution in [1.29, 1.82) is 0 Å². The van der Waals surface area contributed by atoms with Crippen LogP contribution < -0.4 is 0 Å². The molecule has 1 saturated heterocycles. The molecule has 6 atom stereocenters. The van der Waals surface area contributed by atoms with E-state index in [0.717, 1.165) is 0 Å². The average Bonchev–Trinajstić information content (AvgIpc) is 3.30. The summed E-state index contributed by atoms with van der Waals surface area (Å²) in [7, 11) is 0. The number of ketones is 1. The van der Waals surface area contributed by atoms with E-state index < -0.39 is 57.7 Å². The van der Waals surface area contributed by atoms with Gasteiger partial charge in [-0.25, -0.2) is 9.59 Å². The summed E-state index contributed by atoms with van der Waals surface area (Å²) in [6.45, 7) is 4.46. The molecule has 0 aromatic heterocycles. The van der Waals surface area contributed by atoms with E-state index in [1.165, 1.54) is 6.92 Å². The molecule has 1 heterocycles. The second-order valence-corrected chi connectivity index (χ2v) is 10.9. The number of carbonyl (C=O) groups excluding carboxylic acids is 4. The molecule has 0 bridgehead atoms. The van der Waals surface area contributed by atoms with Crippen molar-refractivity contribution in [2.24, 2.45) is 16.7 Å². The number of benzene rings is 2. The number of Topliss-reactive ketones (excluding diaryl/α,β-unsaturated/α-hetero) is 1. The fourth-order valence-electron chi connectivity index (χ4n) is 6.78. The van der Waals surface area contributed by atoms with Crippen molar-refractivity contribution >= 4 is 23.7 Å². The average molecular weight is 507 g/mol. The molecule has 1 N–H and O–H groups in total. The van der Waals surface area contributed by atoms with E-state index in [1.54, 1.807) is 67.6 Å². The van der Waals surface area contributed by atoms with E-state index in [1.807, 2.05) is 6.92 Å². The maximum Gasteiger partial charge on any atom is 0.338 e. The van der Waals surface area contributed by atoms with Crippen molar-refractivity contribution in [3.8, 4) is 0 Å². The lowest BCUT2D eigenvalue weighted by atomic mass is 9.46. The van der Waals surface area contributed by atoms with Gasteiger partial charge in [-0.2, -0.15) is 0 Å². The van der Waals surface area contributed by atoms with Crippen LogP contribution in [0.25, 0.3) is 0 Å². The van der Waals surface area contributed by atoms with Gasteiger partial charge in [-0.15, -0.1) is 0 Å². The Bertz CT molecular complexity index is 1260. The third kappa shape index (κ3) is 3.45. The van der Waals surface area contributed by atoms with Crippen LogP contribution in [0.2, 0.25) is 0 Å². The summed E-state index contributed by atoms with van der Waals surface area (Å²) in [6.07, 6.45) is -0.792. The Hall–Kier alpha value is -3.52. The van der Waals surface area contributed by atoms with Crippen LogP contribution in [0.15, 0.2) is 60.7 Å². The SMILES string of the molecule is CC1C(OC(=O)c2ccccc2)CC23OC(=O)CC12CC(=O)C(C)(O)C3(C)COC(=O)c1ccccc1. The molecule has 194 valence electrons. The number of hydrogen-bond donors (Lipinski definition) is 1. The molecule has 8 nitrogen and oxygen atoms in total. The van der Waals surface area contributed by atoms with Gasteiger partial charge < -0.3 is 19.3 Å². The van der Waals surface area contributed by atoms with Crippen molar-refractivity contribution in [1.82, 2.24) is 0 Å². The molecule has 2 aliphatic carbocycles. The lowest BCUT2D eigenvalue weighted by Crippen LogP contribution is -2.72. The molecule has 2 aromatic carbocycles. The first-order valence-electron chi connectivity index (χ1n) is 12.4. The highest BCUT2D eigenvalue weighted by atomic mass is 16.6. The largest absolute Gasteiger partial charge is 0.461 e. The Morgan fingerprint density at radius 3 is 2.11 bits per heavy atom. The fourth-order valence-corrected chi connectivity index (χ4v) is 6.78. The number of hydrogen-bond acceptors (Lipinski definition) is 8. The van der Waals surface area contributed by atoms with E-state index in [0.29, 0.717) is 11.1 Å². The summed E-state index contributed by atoms with van der Waals surface area (Å²) in [5, 5.41) is 11.6. The number of aliphatic hydroxyl groups is 1. The zero-order chi connectivity index (χ0) is 26.6. The van der Waals surface area contributed by atoms with Gasteiger partial charge in [-0.1, -0.05) is 43.3 Å². The highest BCUT2D eigenvalue weighted by molar-refractivity contribution is 5.93. The summed E-state index contributed by atoms with van der Waals surface area (Å²) in [5.74, 6) is -2.55. The van der Waals surface area contributed by atoms with Gasteiger partial charge in [0.05, 0.1) is 23.0 Å². The van der Waals surface area contributed by atoms with Crippen LogP contribution in [0, 0.1) is 16.7 Å². The summed E-state index contributed by atoms with van der Waals surface area (Å²) in [4.78, 5) is 52.1. The topological polar surface area (TPSA) is 116 Å². The Morgan fingerprint density at radius 2 is 1.51 bits per heavy atom. The Labute approximate surface area is 214 Å².